The highest BCUT2D eigenvalue weighted by molar-refractivity contribution is 7.15. The molecule has 186 valence electrons. The molecule has 5 rings (SSSR count). The summed E-state index contributed by atoms with van der Waals surface area (Å²) in [5.74, 6) is -0.555. The number of anilines is 1. The summed E-state index contributed by atoms with van der Waals surface area (Å²) in [6.07, 6.45) is 5.54. The smallest absolute Gasteiger partial charge is 0.268 e. The number of aromatic nitrogens is 3. The van der Waals surface area contributed by atoms with Gasteiger partial charge in [0.2, 0.25) is 0 Å². The molecule has 6 nitrogen and oxygen atoms in total. The van der Waals surface area contributed by atoms with E-state index in [4.69, 9.17) is 28.3 Å². The third-order valence-corrected chi connectivity index (χ3v) is 7.14. The van der Waals surface area contributed by atoms with E-state index in [0.717, 1.165) is 21.7 Å². The van der Waals surface area contributed by atoms with Gasteiger partial charge in [0.25, 0.3) is 5.91 Å². The summed E-state index contributed by atoms with van der Waals surface area (Å²) in [6.45, 7) is 0. The maximum Gasteiger partial charge on any atom is 0.268 e. The van der Waals surface area contributed by atoms with Crippen LogP contribution in [-0.4, -0.2) is 20.7 Å². The quantitative estimate of drug-likeness (QED) is 0.167. The Labute approximate surface area is 233 Å². The van der Waals surface area contributed by atoms with Gasteiger partial charge in [-0.15, -0.1) is 11.3 Å². The molecular weight excluding hydrogens is 537 g/mol. The number of benzene rings is 3. The topological polar surface area (TPSA) is 83.6 Å². The summed E-state index contributed by atoms with van der Waals surface area (Å²) in [4.78, 5) is 18.2. The summed E-state index contributed by atoms with van der Waals surface area (Å²) in [6, 6.07) is 26.6. The van der Waals surface area contributed by atoms with Crippen molar-refractivity contribution in [3.8, 4) is 23.0 Å². The third kappa shape index (κ3) is 5.84. The number of hydrogen-bond acceptors (Lipinski definition) is 5. The maximum atomic E-state index is 13.0. The van der Waals surface area contributed by atoms with Gasteiger partial charge in [0.05, 0.1) is 11.4 Å². The molecule has 0 saturated carbocycles. The van der Waals surface area contributed by atoms with Crippen molar-refractivity contribution in [2.45, 2.75) is 6.42 Å². The fourth-order valence-electron chi connectivity index (χ4n) is 3.81. The molecule has 0 bridgehead atoms. The van der Waals surface area contributed by atoms with E-state index in [1.807, 2.05) is 66.7 Å². The third-order valence-electron chi connectivity index (χ3n) is 5.62. The Morgan fingerprint density at radius 1 is 1.05 bits per heavy atom. The van der Waals surface area contributed by atoms with E-state index in [-0.39, 0.29) is 5.57 Å². The number of rotatable bonds is 7. The standard InChI is InChI=1S/C29H19Cl2N5OS/c30-23-11-12-26(31)20(14-23)15-25-17-33-29(38-25)34-28(37)21(16-32)13-22-18-36(24-9-5-2-6-10-24)35-27(22)19-7-3-1-4-8-19/h1-14,17-18H,15H2,(H,33,34,37). The first kappa shape index (κ1) is 25.4. The fourth-order valence-corrected chi connectivity index (χ4v) is 5.02. The van der Waals surface area contributed by atoms with Crippen molar-refractivity contribution in [3.63, 3.8) is 0 Å². The number of thiazole rings is 1. The molecule has 0 aliphatic carbocycles. The minimum absolute atomic E-state index is 0.0653. The van der Waals surface area contributed by atoms with E-state index in [0.29, 0.717) is 32.9 Å². The van der Waals surface area contributed by atoms with Crippen molar-refractivity contribution in [3.05, 3.63) is 123 Å². The molecule has 5 aromatic rings. The molecule has 1 N–H and O–H groups in total. The van der Waals surface area contributed by atoms with E-state index in [2.05, 4.69) is 10.3 Å². The van der Waals surface area contributed by atoms with Crippen LogP contribution in [0, 0.1) is 11.3 Å². The van der Waals surface area contributed by atoms with E-state index in [1.165, 1.54) is 11.3 Å². The largest absolute Gasteiger partial charge is 0.297 e. The fraction of sp³-hybridized carbons (Fsp3) is 0.0345. The van der Waals surface area contributed by atoms with Crippen LogP contribution in [0.25, 0.3) is 23.0 Å². The van der Waals surface area contributed by atoms with Gasteiger partial charge in [0.15, 0.2) is 5.13 Å². The van der Waals surface area contributed by atoms with E-state index in [1.54, 1.807) is 41.4 Å². The Morgan fingerprint density at radius 2 is 1.79 bits per heavy atom. The van der Waals surface area contributed by atoms with Gasteiger partial charge in [-0.05, 0) is 42.0 Å². The van der Waals surface area contributed by atoms with Crippen molar-refractivity contribution in [2.75, 3.05) is 5.32 Å². The van der Waals surface area contributed by atoms with Crippen LogP contribution >= 0.6 is 34.5 Å². The number of hydrogen-bond donors (Lipinski definition) is 1. The van der Waals surface area contributed by atoms with Gasteiger partial charge in [-0.3, -0.25) is 10.1 Å². The average molecular weight is 556 g/mol. The first-order valence-corrected chi connectivity index (χ1v) is 13.1. The number of carbonyl (C=O) groups is 1. The number of para-hydroxylation sites is 1. The summed E-state index contributed by atoms with van der Waals surface area (Å²) >= 11 is 13.7. The number of nitrogens with one attached hydrogen (secondary N) is 1. The molecule has 0 fully saturated rings. The highest BCUT2D eigenvalue weighted by atomic mass is 35.5. The number of carbonyl (C=O) groups excluding carboxylic acids is 1. The molecule has 0 radical (unpaired) electrons. The van der Waals surface area contributed by atoms with Crippen LogP contribution in [0.4, 0.5) is 5.13 Å². The molecule has 1 amide bonds. The van der Waals surface area contributed by atoms with Gasteiger partial charge in [-0.1, -0.05) is 71.7 Å². The van der Waals surface area contributed by atoms with Crippen LogP contribution in [0.5, 0.6) is 0 Å². The van der Waals surface area contributed by atoms with Gasteiger partial charge < -0.3 is 0 Å². The molecule has 0 aliphatic rings. The Morgan fingerprint density at radius 3 is 2.53 bits per heavy atom. The first-order valence-electron chi connectivity index (χ1n) is 11.5. The second-order valence-corrected chi connectivity index (χ2v) is 10.2. The molecule has 0 unspecified atom stereocenters. The molecule has 2 aromatic heterocycles. The minimum atomic E-state index is -0.555. The Kier molecular flexibility index (Phi) is 7.66. The lowest BCUT2D eigenvalue weighted by Crippen LogP contribution is -2.13. The van der Waals surface area contributed by atoms with Crippen molar-refractivity contribution in [2.24, 2.45) is 0 Å². The molecule has 38 heavy (non-hydrogen) atoms. The monoisotopic (exact) mass is 555 g/mol. The highest BCUT2D eigenvalue weighted by Gasteiger charge is 2.17. The molecule has 2 heterocycles. The SMILES string of the molecule is N#CC(=Cc1cn(-c2ccccc2)nc1-c1ccccc1)C(=O)Nc1ncc(Cc2cc(Cl)ccc2Cl)s1. The average Bonchev–Trinajstić information content (AvgIpc) is 3.57. The van der Waals surface area contributed by atoms with Crippen LogP contribution in [0.3, 0.4) is 0 Å². The number of amides is 1. The molecule has 0 spiro atoms. The summed E-state index contributed by atoms with van der Waals surface area (Å²) in [5, 5.41) is 18.9. The zero-order valence-electron chi connectivity index (χ0n) is 19.8. The summed E-state index contributed by atoms with van der Waals surface area (Å²) < 4.78 is 1.73. The van der Waals surface area contributed by atoms with E-state index in [9.17, 15) is 10.1 Å². The van der Waals surface area contributed by atoms with Crippen LogP contribution in [0.1, 0.15) is 16.0 Å². The van der Waals surface area contributed by atoms with Crippen molar-refractivity contribution in [1.29, 1.82) is 5.26 Å². The van der Waals surface area contributed by atoms with Crippen LogP contribution in [0.15, 0.2) is 96.8 Å². The Balaban J connectivity index is 1.40. The Bertz CT molecular complexity index is 1670. The second kappa shape index (κ2) is 11.4. The lowest BCUT2D eigenvalue weighted by Gasteiger charge is -2.03. The molecule has 9 heteroatoms. The molecule has 0 atom stereocenters. The van der Waals surface area contributed by atoms with Crippen LogP contribution < -0.4 is 5.32 Å². The van der Waals surface area contributed by atoms with Gasteiger partial charge in [-0.25, -0.2) is 9.67 Å². The summed E-state index contributed by atoms with van der Waals surface area (Å²) in [7, 11) is 0. The van der Waals surface area contributed by atoms with Crippen LogP contribution in [0.2, 0.25) is 10.0 Å². The van der Waals surface area contributed by atoms with Gasteiger partial charge in [-0.2, -0.15) is 10.4 Å². The van der Waals surface area contributed by atoms with Crippen LogP contribution in [-0.2, 0) is 11.2 Å². The van der Waals surface area contributed by atoms with Crippen molar-refractivity contribution >= 4 is 51.7 Å². The Hall–Kier alpha value is -4.22. The van der Waals surface area contributed by atoms with Gasteiger partial charge in [0.1, 0.15) is 11.6 Å². The predicted octanol–water partition coefficient (Wildman–Crippen LogP) is 7.44. The normalized spacial score (nSPS) is 11.2. The number of halogens is 2. The predicted molar refractivity (Wildman–Crippen MR) is 153 cm³/mol. The van der Waals surface area contributed by atoms with E-state index >= 15 is 0 Å². The lowest BCUT2D eigenvalue weighted by molar-refractivity contribution is -0.112. The molecule has 0 aliphatic heterocycles. The number of nitrogens with zero attached hydrogens (tertiary/aromatic N) is 4. The zero-order chi connectivity index (χ0) is 26.5. The summed E-state index contributed by atoms with van der Waals surface area (Å²) in [5.41, 5.74) is 3.83. The van der Waals surface area contributed by atoms with Gasteiger partial charge >= 0.3 is 0 Å². The maximum absolute atomic E-state index is 13.0. The minimum Gasteiger partial charge on any atom is -0.297 e. The highest BCUT2D eigenvalue weighted by Crippen LogP contribution is 2.28. The second-order valence-electron chi connectivity index (χ2n) is 8.25. The lowest BCUT2D eigenvalue weighted by atomic mass is 10.1. The molecular formula is C29H19Cl2N5OS. The van der Waals surface area contributed by atoms with Gasteiger partial charge in [0, 0.05) is 44.9 Å². The number of nitriles is 1. The molecule has 0 saturated heterocycles. The van der Waals surface area contributed by atoms with Crippen molar-refractivity contribution < 1.29 is 4.79 Å². The van der Waals surface area contributed by atoms with Crippen molar-refractivity contribution in [1.82, 2.24) is 14.8 Å². The molecule has 3 aromatic carbocycles. The van der Waals surface area contributed by atoms with E-state index < -0.39 is 5.91 Å². The zero-order valence-corrected chi connectivity index (χ0v) is 22.1. The first-order chi connectivity index (χ1) is 18.5.